The molecule has 2 fully saturated rings. The zero-order valence-electron chi connectivity index (χ0n) is 12.4. The lowest BCUT2D eigenvalue weighted by Gasteiger charge is -2.26. The molecular weight excluding hydrogens is 278 g/mol. The van der Waals surface area contributed by atoms with Crippen molar-refractivity contribution in [1.82, 2.24) is 4.90 Å². The van der Waals surface area contributed by atoms with E-state index in [1.165, 1.54) is 4.90 Å². The average Bonchev–Trinajstić information content (AvgIpc) is 2.95. The van der Waals surface area contributed by atoms with Crippen molar-refractivity contribution in [2.24, 2.45) is 5.92 Å². The van der Waals surface area contributed by atoms with E-state index < -0.39 is 42.3 Å². The van der Waals surface area contributed by atoms with Gasteiger partial charge in [0.2, 0.25) is 0 Å². The van der Waals surface area contributed by atoms with E-state index >= 15 is 0 Å². The third-order valence-corrected chi connectivity index (χ3v) is 4.20. The predicted octanol–water partition coefficient (Wildman–Crippen LogP) is 0.281. The third kappa shape index (κ3) is 2.85. The van der Waals surface area contributed by atoms with Crippen molar-refractivity contribution in [3.63, 3.8) is 0 Å². The molecule has 2 N–H and O–H groups in total. The van der Waals surface area contributed by atoms with Crippen LogP contribution in [-0.2, 0) is 14.3 Å². The van der Waals surface area contributed by atoms with E-state index in [4.69, 9.17) is 9.47 Å². The van der Waals surface area contributed by atoms with Gasteiger partial charge in [-0.3, -0.25) is 9.69 Å². The van der Waals surface area contributed by atoms with Gasteiger partial charge in [-0.1, -0.05) is 13.3 Å². The lowest BCUT2D eigenvalue weighted by atomic mass is 9.85. The van der Waals surface area contributed by atoms with Gasteiger partial charge in [0.25, 0.3) is 0 Å². The summed E-state index contributed by atoms with van der Waals surface area (Å²) < 4.78 is 10.1. The zero-order valence-corrected chi connectivity index (χ0v) is 12.4. The van der Waals surface area contributed by atoms with Crippen LogP contribution in [0.15, 0.2) is 0 Å². The van der Waals surface area contributed by atoms with Crippen molar-refractivity contribution in [3.05, 3.63) is 0 Å². The number of ether oxygens (including phenoxy) is 2. The Bertz CT molecular complexity index is 401. The lowest BCUT2D eigenvalue weighted by molar-refractivity contribution is -0.151. The van der Waals surface area contributed by atoms with Crippen molar-refractivity contribution >= 4 is 12.1 Å². The predicted molar refractivity (Wildman–Crippen MR) is 72.4 cm³/mol. The topological polar surface area (TPSA) is 96.3 Å². The molecule has 7 heteroatoms. The second-order valence-electron chi connectivity index (χ2n) is 5.51. The smallest absolute Gasteiger partial charge is 0.410 e. The fourth-order valence-corrected chi connectivity index (χ4v) is 3.18. The molecule has 2 heterocycles. The normalized spacial score (nSPS) is 34.1. The van der Waals surface area contributed by atoms with Crippen molar-refractivity contribution in [2.45, 2.75) is 57.4 Å². The molecule has 0 spiro atoms. The van der Waals surface area contributed by atoms with Gasteiger partial charge in [-0.05, 0) is 19.8 Å². The maximum Gasteiger partial charge on any atom is 0.410 e. The Hall–Kier alpha value is -1.34. The number of hydrogen-bond acceptors (Lipinski definition) is 6. The minimum absolute atomic E-state index is 0.242. The van der Waals surface area contributed by atoms with E-state index in [1.807, 2.05) is 6.92 Å². The van der Waals surface area contributed by atoms with E-state index in [0.29, 0.717) is 13.0 Å². The van der Waals surface area contributed by atoms with E-state index in [0.717, 1.165) is 12.8 Å². The molecule has 5 unspecified atom stereocenters. The van der Waals surface area contributed by atoms with Gasteiger partial charge in [-0.25, -0.2) is 4.79 Å². The van der Waals surface area contributed by atoms with Gasteiger partial charge in [0.15, 0.2) is 0 Å². The van der Waals surface area contributed by atoms with Gasteiger partial charge in [-0.15, -0.1) is 0 Å². The number of hydrogen-bond donors (Lipinski definition) is 2. The molecule has 1 amide bonds. The maximum atomic E-state index is 12.1. The molecule has 0 aromatic carbocycles. The zero-order chi connectivity index (χ0) is 15.6. The highest BCUT2D eigenvalue weighted by atomic mass is 16.6. The van der Waals surface area contributed by atoms with E-state index in [-0.39, 0.29) is 6.61 Å². The lowest BCUT2D eigenvalue weighted by Crippen LogP contribution is -2.45. The largest absolute Gasteiger partial charge is 0.466 e. The van der Waals surface area contributed by atoms with Gasteiger partial charge in [0.1, 0.15) is 12.2 Å². The number of amides is 1. The van der Waals surface area contributed by atoms with Crippen LogP contribution >= 0.6 is 0 Å². The first-order valence-corrected chi connectivity index (χ1v) is 7.50. The van der Waals surface area contributed by atoms with Crippen molar-refractivity contribution in [2.75, 3.05) is 13.2 Å². The third-order valence-electron chi connectivity index (χ3n) is 4.20. The number of rotatable bonds is 5. The molecule has 120 valence electrons. The Labute approximate surface area is 123 Å². The minimum atomic E-state index is -1.14. The second kappa shape index (κ2) is 6.62. The van der Waals surface area contributed by atoms with Crippen LogP contribution in [0.3, 0.4) is 0 Å². The average molecular weight is 301 g/mol. The van der Waals surface area contributed by atoms with Crippen molar-refractivity contribution < 1.29 is 29.3 Å². The Morgan fingerprint density at radius 2 is 1.90 bits per heavy atom. The highest BCUT2D eigenvalue weighted by Crippen LogP contribution is 2.43. The summed E-state index contributed by atoms with van der Waals surface area (Å²) in [5, 5.41) is 20.0. The highest BCUT2D eigenvalue weighted by molar-refractivity contribution is 5.78. The molecule has 2 bridgehead atoms. The molecule has 0 aromatic heterocycles. The minimum Gasteiger partial charge on any atom is -0.466 e. The summed E-state index contributed by atoms with van der Waals surface area (Å²) in [6.45, 7) is 4.22. The molecule has 2 saturated heterocycles. The van der Waals surface area contributed by atoms with Crippen LogP contribution in [0.2, 0.25) is 0 Å². The monoisotopic (exact) mass is 301 g/mol. The molecule has 5 atom stereocenters. The van der Waals surface area contributed by atoms with Crippen molar-refractivity contribution in [1.29, 1.82) is 0 Å². The molecule has 2 rings (SSSR count). The van der Waals surface area contributed by atoms with Crippen LogP contribution in [-0.4, -0.2) is 64.7 Å². The molecule has 2 aliphatic rings. The summed E-state index contributed by atoms with van der Waals surface area (Å²) in [5.41, 5.74) is 0. The number of nitrogens with zero attached hydrogens (tertiary/aromatic N) is 1. The molecule has 0 aliphatic carbocycles. The van der Waals surface area contributed by atoms with Crippen LogP contribution < -0.4 is 0 Å². The number of aliphatic hydroxyl groups is 2. The molecule has 0 radical (unpaired) electrons. The van der Waals surface area contributed by atoms with Crippen molar-refractivity contribution in [3.8, 4) is 0 Å². The van der Waals surface area contributed by atoms with Gasteiger partial charge in [0, 0.05) is 0 Å². The van der Waals surface area contributed by atoms with Crippen LogP contribution in [0.5, 0.6) is 0 Å². The molecule has 0 aromatic rings. The second-order valence-corrected chi connectivity index (χ2v) is 5.51. The first kappa shape index (κ1) is 16.0. The molecule has 2 aliphatic heterocycles. The van der Waals surface area contributed by atoms with Gasteiger partial charge >= 0.3 is 12.1 Å². The standard InChI is InChI=1S/C14H23NO6/c1-3-5-6-21-14(19)15-9-7-8(13(18)20-4-2)10(15)12(17)11(9)16/h8-12,16-17H,3-7H2,1-2H3. The molecule has 21 heavy (non-hydrogen) atoms. The first-order chi connectivity index (χ1) is 10.0. The van der Waals surface area contributed by atoms with Gasteiger partial charge in [0.05, 0.1) is 31.2 Å². The Balaban J connectivity index is 2.08. The summed E-state index contributed by atoms with van der Waals surface area (Å²) in [5.74, 6) is -1.05. The highest BCUT2D eigenvalue weighted by Gasteiger charge is 2.61. The molecule has 7 nitrogen and oxygen atoms in total. The van der Waals surface area contributed by atoms with Gasteiger partial charge in [-0.2, -0.15) is 0 Å². The van der Waals surface area contributed by atoms with Crippen LogP contribution in [0, 0.1) is 5.92 Å². The number of fused-ring (bicyclic) bond motifs is 2. The Morgan fingerprint density at radius 1 is 1.19 bits per heavy atom. The number of unbranched alkanes of at least 4 members (excludes halogenated alkanes) is 1. The number of carbonyl (C=O) groups excluding carboxylic acids is 2. The van der Waals surface area contributed by atoms with Crippen LogP contribution in [0.1, 0.15) is 33.1 Å². The molecular formula is C14H23NO6. The summed E-state index contributed by atoms with van der Waals surface area (Å²) in [4.78, 5) is 25.4. The number of carbonyl (C=O) groups is 2. The van der Waals surface area contributed by atoms with E-state index in [9.17, 15) is 19.8 Å². The Morgan fingerprint density at radius 3 is 2.52 bits per heavy atom. The number of aliphatic hydroxyl groups excluding tert-OH is 2. The maximum absolute atomic E-state index is 12.1. The summed E-state index contributed by atoms with van der Waals surface area (Å²) in [6.07, 6.45) is -0.819. The fraction of sp³-hybridized carbons (Fsp3) is 0.857. The quantitative estimate of drug-likeness (QED) is 0.559. The van der Waals surface area contributed by atoms with Gasteiger partial charge < -0.3 is 19.7 Å². The fourth-order valence-electron chi connectivity index (χ4n) is 3.18. The summed E-state index contributed by atoms with van der Waals surface area (Å²) >= 11 is 0. The molecule has 0 saturated carbocycles. The Kier molecular flexibility index (Phi) is 5.05. The van der Waals surface area contributed by atoms with Crippen LogP contribution in [0.25, 0.3) is 0 Å². The first-order valence-electron chi connectivity index (χ1n) is 7.50. The SMILES string of the molecule is CCCCOC(=O)N1C2CC(C(=O)OCC)C1C(O)C2O. The van der Waals surface area contributed by atoms with E-state index in [1.54, 1.807) is 6.92 Å². The summed E-state index contributed by atoms with van der Waals surface area (Å²) in [7, 11) is 0. The number of esters is 1. The summed E-state index contributed by atoms with van der Waals surface area (Å²) in [6, 6.07) is -1.35. The van der Waals surface area contributed by atoms with E-state index in [2.05, 4.69) is 0 Å². The van der Waals surface area contributed by atoms with Crippen LogP contribution in [0.4, 0.5) is 4.79 Å².